The van der Waals surface area contributed by atoms with Gasteiger partial charge in [-0.25, -0.2) is 24.2 Å². The number of thiazole rings is 1. The average molecular weight is 1760 g/mol. The van der Waals surface area contributed by atoms with Crippen LogP contribution in [0.2, 0.25) is 0 Å². The smallest absolute Gasteiger partial charge is 0.338 e. The highest BCUT2D eigenvalue weighted by atomic mass is 79.9. The number of hydrogen-bond acceptors (Lipinski definition) is 14. The van der Waals surface area contributed by atoms with Crippen LogP contribution in [0, 0.1) is 0 Å². The minimum atomic E-state index is -0.558. The predicted octanol–water partition coefficient (Wildman–Crippen LogP) is 22.2. The van der Waals surface area contributed by atoms with Crippen LogP contribution in [-0.2, 0) is 34.7 Å². The topological polar surface area (TPSA) is 177 Å². The highest BCUT2D eigenvalue weighted by Gasteiger charge is 2.47. The largest absolute Gasteiger partial charge is 0.508 e. The van der Waals surface area contributed by atoms with Crippen molar-refractivity contribution in [1.82, 2.24) is 4.98 Å². The number of esters is 4. The van der Waals surface area contributed by atoms with Crippen molar-refractivity contribution in [3.63, 3.8) is 0 Å². The Morgan fingerprint density at radius 1 is 0.430 bits per heavy atom. The fraction of sp³-hybridized carbons (Fsp3) is 0.102. The highest BCUT2D eigenvalue weighted by molar-refractivity contribution is 9.15. The molecule has 0 saturated heterocycles. The van der Waals surface area contributed by atoms with Crippen LogP contribution in [0.25, 0.3) is 43.0 Å². The van der Waals surface area contributed by atoms with Gasteiger partial charge < -0.3 is 38.6 Å². The van der Waals surface area contributed by atoms with Gasteiger partial charge in [0.15, 0.2) is 5.75 Å². The van der Waals surface area contributed by atoms with E-state index in [1.54, 1.807) is 50.3 Å². The molecule has 0 spiro atoms. The van der Waals surface area contributed by atoms with E-state index >= 15 is 0 Å². The summed E-state index contributed by atoms with van der Waals surface area (Å²) in [7, 11) is 0. The summed E-state index contributed by atoms with van der Waals surface area (Å²) in [6.45, 7) is 19.7. The number of para-hydroxylation sites is 2. The Bertz CT molecular complexity index is 5210. The second-order valence-corrected chi connectivity index (χ2v) is 29.5. The van der Waals surface area contributed by atoms with Crippen LogP contribution in [0.3, 0.4) is 0 Å². The molecule has 0 aliphatic heterocycles. The molecule has 1 aromatic heterocycles. The van der Waals surface area contributed by atoms with Gasteiger partial charge in [0.25, 0.3) is 0 Å². The SMILES string of the molecule is C=C(C)C(=O)Oc1c(Br)c(Br)c(Br)c(Br)c1Br.C=C(C)C(=O)Oc1ccc(C2(c3ccc(O)cc3)c3ccccc3-c3ccccc32)cc1.C=C(C)C(=O)Oc1ccccc1-c1nc2ccccc2s1.C=CC(=O)OCCOc1ccc(C2(c3ccc(OCCO)cc3)c3ccccc3-c3ccccc32)cc1. The molecule has 0 fully saturated rings. The van der Waals surface area contributed by atoms with E-state index in [0.717, 1.165) is 62.5 Å². The number of halogens is 5. The minimum absolute atomic E-state index is 0.0302. The number of carbonyl (C=O) groups excluding carboxylic acids is 4. The number of nitrogens with zero attached hydrogens (tertiary/aromatic N) is 1. The Labute approximate surface area is 666 Å². The molecule has 2 aliphatic rings. The van der Waals surface area contributed by atoms with Gasteiger partial charge >= 0.3 is 23.9 Å². The quantitative estimate of drug-likeness (QED) is 0.0195. The van der Waals surface area contributed by atoms with Crippen molar-refractivity contribution >= 4 is 125 Å². The number of hydrogen-bond donors (Lipinski definition) is 2. The van der Waals surface area contributed by atoms with Crippen LogP contribution in [0.4, 0.5) is 0 Å². The van der Waals surface area contributed by atoms with Crippen LogP contribution >= 0.6 is 91.0 Å². The summed E-state index contributed by atoms with van der Waals surface area (Å²) in [5, 5.41) is 19.9. The highest BCUT2D eigenvalue weighted by Crippen LogP contribution is 2.58. The zero-order valence-electron chi connectivity index (χ0n) is 58.1. The number of benzene rings is 11. The number of aromatic hydroxyl groups is 1. The lowest BCUT2D eigenvalue weighted by atomic mass is 9.68. The molecule has 13 nitrogen and oxygen atoms in total. The molecule has 0 saturated carbocycles. The standard InChI is InChI=1S/C32H28O5.C29H22O3.C17H13NO2S.C10H5Br5O2/c1-2-31(34)37-22-21-36-26-17-13-24(14-18-26)32(23-11-15-25(16-12-23)35-20-19-33)29-9-5-3-7-27(29)28-8-4-6-10-30(28)32;1-19(2)28(31)32-23-17-13-21(14-18-23)29(20-11-15-22(30)16-12-20)26-9-5-3-7-24(26)25-8-4-6-10-27(25)29;1-11(2)17(19)20-14-9-5-3-7-12(14)16-18-13-8-4-6-10-15(13)21-16;1-3(2)10(16)17-9-7(14)5(12)4(11)6(13)8(9)15/h2-18,33H,1,19-22H2;3-18,30H,1H2,2H3;3-10H,1H2,2H3;1H2,2H3. The molecule has 107 heavy (non-hydrogen) atoms. The Morgan fingerprint density at radius 2 is 0.794 bits per heavy atom. The van der Waals surface area contributed by atoms with Gasteiger partial charge in [0.2, 0.25) is 0 Å². The third-order valence-electron chi connectivity index (χ3n) is 17.4. The third kappa shape index (κ3) is 16.7. The molecule has 1 heterocycles. The molecule has 538 valence electrons. The lowest BCUT2D eigenvalue weighted by Gasteiger charge is -2.34. The van der Waals surface area contributed by atoms with E-state index in [9.17, 15) is 24.3 Å². The Kier molecular flexibility index (Phi) is 25.6. The maximum absolute atomic E-state index is 12.0. The first-order valence-electron chi connectivity index (χ1n) is 33.4. The maximum Gasteiger partial charge on any atom is 0.338 e. The predicted molar refractivity (Wildman–Crippen MR) is 440 cm³/mol. The van der Waals surface area contributed by atoms with E-state index in [4.69, 9.17) is 33.5 Å². The first-order chi connectivity index (χ1) is 51.6. The molecule has 12 aromatic rings. The van der Waals surface area contributed by atoms with Crippen LogP contribution in [0.5, 0.6) is 34.5 Å². The van der Waals surface area contributed by atoms with Crippen LogP contribution in [-0.4, -0.2) is 65.5 Å². The molecule has 2 N–H and O–H groups in total. The van der Waals surface area contributed by atoms with Crippen molar-refractivity contribution in [3.8, 4) is 67.3 Å². The summed E-state index contributed by atoms with van der Waals surface area (Å²) in [4.78, 5) is 51.0. The lowest BCUT2D eigenvalue weighted by Crippen LogP contribution is -2.28. The fourth-order valence-corrected chi connectivity index (χ4v) is 16.8. The average Bonchev–Trinajstić information content (AvgIpc) is 1.58. The molecule has 0 amide bonds. The summed E-state index contributed by atoms with van der Waals surface area (Å²) in [5.41, 5.74) is 15.6. The molecule has 14 rings (SSSR count). The number of rotatable bonds is 19. The zero-order valence-corrected chi connectivity index (χ0v) is 66.8. The summed E-state index contributed by atoms with van der Waals surface area (Å²) in [6, 6.07) is 80.6. The number of aromatic nitrogens is 1. The van der Waals surface area contributed by atoms with Gasteiger partial charge in [-0.3, -0.25) is 0 Å². The summed E-state index contributed by atoms with van der Waals surface area (Å²) < 4.78 is 37.2. The van der Waals surface area contributed by atoms with Gasteiger partial charge in [-0.15, -0.1) is 11.3 Å². The molecular formula is C88H68Br5NO12S. The zero-order chi connectivity index (χ0) is 76.1. The Balaban J connectivity index is 0.000000148. The number of aliphatic hydroxyl groups is 1. The minimum Gasteiger partial charge on any atom is -0.508 e. The summed E-state index contributed by atoms with van der Waals surface area (Å²) >= 11 is 18.5. The van der Waals surface area contributed by atoms with Crippen molar-refractivity contribution in [1.29, 1.82) is 0 Å². The molecule has 0 radical (unpaired) electrons. The van der Waals surface area contributed by atoms with Crippen LogP contribution in [0.15, 0.2) is 314 Å². The van der Waals surface area contributed by atoms with E-state index < -0.39 is 34.7 Å². The van der Waals surface area contributed by atoms with Gasteiger partial charge in [0.1, 0.15) is 53.6 Å². The number of carbonyl (C=O) groups is 4. The first kappa shape index (κ1) is 78.0. The van der Waals surface area contributed by atoms with E-state index in [1.807, 2.05) is 103 Å². The van der Waals surface area contributed by atoms with Crippen molar-refractivity contribution in [2.45, 2.75) is 31.6 Å². The van der Waals surface area contributed by atoms with Crippen molar-refractivity contribution in [3.05, 3.63) is 359 Å². The third-order valence-corrected chi connectivity index (χ3v) is 24.5. The second-order valence-electron chi connectivity index (χ2n) is 24.5. The van der Waals surface area contributed by atoms with Gasteiger partial charge in [-0.1, -0.05) is 196 Å². The van der Waals surface area contributed by atoms with Crippen LogP contribution in [0.1, 0.15) is 65.3 Å². The first-order valence-corrected chi connectivity index (χ1v) is 38.1. The maximum atomic E-state index is 12.0. The molecule has 2 aliphatic carbocycles. The van der Waals surface area contributed by atoms with E-state index in [0.29, 0.717) is 54.4 Å². The summed E-state index contributed by atoms with van der Waals surface area (Å²) in [6.07, 6.45) is 1.14. The van der Waals surface area contributed by atoms with E-state index in [1.165, 1.54) is 44.5 Å². The summed E-state index contributed by atoms with van der Waals surface area (Å²) in [5.74, 6) is 1.19. The van der Waals surface area contributed by atoms with Crippen LogP contribution < -0.4 is 23.7 Å². The number of phenolic OH excluding ortho intramolecular Hbond substituents is 1. The monoisotopic (exact) mass is 1760 g/mol. The van der Waals surface area contributed by atoms with Crippen molar-refractivity contribution in [2.24, 2.45) is 0 Å². The Hall–Kier alpha value is -10.1. The van der Waals surface area contributed by atoms with E-state index in [2.05, 4.69) is 232 Å². The van der Waals surface area contributed by atoms with Gasteiger partial charge in [-0.2, -0.15) is 0 Å². The lowest BCUT2D eigenvalue weighted by molar-refractivity contribution is -0.138. The van der Waals surface area contributed by atoms with Crippen molar-refractivity contribution in [2.75, 3.05) is 26.4 Å². The number of aliphatic hydroxyl groups excluding tert-OH is 1. The number of fused-ring (bicyclic) bond motifs is 7. The second kappa shape index (κ2) is 35.1. The normalized spacial score (nSPS) is 12.0. The van der Waals surface area contributed by atoms with Crippen molar-refractivity contribution < 1.29 is 57.8 Å². The van der Waals surface area contributed by atoms with Gasteiger partial charge in [-0.05, 0) is 240 Å². The van der Waals surface area contributed by atoms with E-state index in [-0.39, 0.29) is 32.2 Å². The molecule has 0 unspecified atom stereocenters. The molecular weight excluding hydrogens is 1690 g/mol. The Morgan fingerprint density at radius 3 is 1.22 bits per heavy atom. The molecule has 11 aromatic carbocycles. The number of ether oxygens (including phenoxy) is 6. The van der Waals surface area contributed by atoms with Gasteiger partial charge in [0, 0.05) is 27.3 Å². The molecule has 19 heteroatoms. The van der Waals surface area contributed by atoms with Gasteiger partial charge in [0.05, 0.1) is 51.1 Å². The fourth-order valence-electron chi connectivity index (χ4n) is 12.6. The number of phenols is 1. The molecule has 0 bridgehead atoms. The molecule has 0 atom stereocenters.